The van der Waals surface area contributed by atoms with Crippen molar-refractivity contribution in [2.24, 2.45) is 23.5 Å². The summed E-state index contributed by atoms with van der Waals surface area (Å²) in [5, 5.41) is 3.86. The number of hydrogen-bond donors (Lipinski definition) is 2. The number of hydrogen-bond acceptors (Lipinski definition) is 2. The van der Waals surface area contributed by atoms with E-state index in [9.17, 15) is 0 Å². The maximum absolute atomic E-state index is 6.38. The highest BCUT2D eigenvalue weighted by Gasteiger charge is 2.45. The van der Waals surface area contributed by atoms with Gasteiger partial charge in [-0.1, -0.05) is 20.8 Å². The van der Waals surface area contributed by atoms with Crippen molar-refractivity contribution in [2.75, 3.05) is 6.54 Å². The van der Waals surface area contributed by atoms with Gasteiger partial charge in [0, 0.05) is 18.1 Å². The largest absolute Gasteiger partial charge is 0.327 e. The summed E-state index contributed by atoms with van der Waals surface area (Å²) in [5.41, 5.74) is 6.74. The van der Waals surface area contributed by atoms with E-state index in [0.29, 0.717) is 11.6 Å². The van der Waals surface area contributed by atoms with E-state index in [1.807, 2.05) is 0 Å². The number of nitrogens with one attached hydrogen (secondary N) is 1. The fourth-order valence-electron chi connectivity index (χ4n) is 4.22. The van der Waals surface area contributed by atoms with Crippen LogP contribution < -0.4 is 11.1 Å². The van der Waals surface area contributed by atoms with Crippen LogP contribution in [0.2, 0.25) is 0 Å². The molecule has 0 aliphatic heterocycles. The molecule has 2 aliphatic carbocycles. The molecule has 2 fully saturated rings. The average Bonchev–Trinajstić information content (AvgIpc) is 2.94. The fraction of sp³-hybridized carbons (Fsp3) is 1.00. The molecule has 4 unspecified atom stereocenters. The summed E-state index contributed by atoms with van der Waals surface area (Å²) in [5.74, 6) is 2.51. The molecule has 2 bridgehead atoms. The quantitative estimate of drug-likeness (QED) is 0.746. The molecular weight excluding hydrogens is 208 g/mol. The second-order valence-corrected chi connectivity index (χ2v) is 6.30. The molecule has 0 heterocycles. The van der Waals surface area contributed by atoms with Crippen molar-refractivity contribution >= 4 is 0 Å². The van der Waals surface area contributed by atoms with Gasteiger partial charge in [0.15, 0.2) is 0 Å². The molecule has 0 aromatic rings. The Balaban J connectivity index is 1.89. The SMILES string of the molecule is CCC(CC)(CC)NCC1C2CCC(C2)C1N. The Labute approximate surface area is 107 Å². The lowest BCUT2D eigenvalue weighted by molar-refractivity contribution is 0.220. The van der Waals surface area contributed by atoms with Crippen LogP contribution in [0, 0.1) is 17.8 Å². The van der Waals surface area contributed by atoms with E-state index in [0.717, 1.165) is 24.3 Å². The molecule has 2 aliphatic rings. The lowest BCUT2D eigenvalue weighted by Crippen LogP contribution is -2.49. The first-order valence-corrected chi connectivity index (χ1v) is 7.66. The predicted octanol–water partition coefficient (Wildman–Crippen LogP) is 2.92. The highest BCUT2D eigenvalue weighted by Crippen LogP contribution is 2.47. The third-order valence-corrected chi connectivity index (χ3v) is 5.90. The Morgan fingerprint density at radius 3 is 2.12 bits per heavy atom. The zero-order chi connectivity index (χ0) is 12.5. The Bertz CT molecular complexity index is 237. The summed E-state index contributed by atoms with van der Waals surface area (Å²) >= 11 is 0. The minimum atomic E-state index is 0.363. The van der Waals surface area contributed by atoms with Gasteiger partial charge >= 0.3 is 0 Å². The summed E-state index contributed by atoms with van der Waals surface area (Å²) in [4.78, 5) is 0. The van der Waals surface area contributed by atoms with Gasteiger partial charge in [0.25, 0.3) is 0 Å². The number of fused-ring (bicyclic) bond motifs is 2. The van der Waals surface area contributed by atoms with Gasteiger partial charge in [-0.25, -0.2) is 0 Å². The molecule has 0 saturated heterocycles. The van der Waals surface area contributed by atoms with E-state index in [1.54, 1.807) is 0 Å². The van der Waals surface area contributed by atoms with E-state index < -0.39 is 0 Å². The summed E-state index contributed by atoms with van der Waals surface area (Å²) in [6.07, 6.45) is 7.93. The molecule has 2 heteroatoms. The van der Waals surface area contributed by atoms with E-state index in [1.165, 1.54) is 38.5 Å². The molecule has 2 saturated carbocycles. The van der Waals surface area contributed by atoms with Crippen LogP contribution in [0.5, 0.6) is 0 Å². The Morgan fingerprint density at radius 2 is 1.65 bits per heavy atom. The number of rotatable bonds is 6. The van der Waals surface area contributed by atoms with Crippen molar-refractivity contribution < 1.29 is 0 Å². The van der Waals surface area contributed by atoms with Crippen LogP contribution in [-0.4, -0.2) is 18.1 Å². The molecule has 0 aromatic heterocycles. The molecule has 0 aromatic carbocycles. The van der Waals surface area contributed by atoms with Gasteiger partial charge in [-0.2, -0.15) is 0 Å². The molecule has 2 rings (SSSR count). The molecule has 4 atom stereocenters. The predicted molar refractivity (Wildman–Crippen MR) is 73.9 cm³/mol. The van der Waals surface area contributed by atoms with Crippen LogP contribution in [0.4, 0.5) is 0 Å². The molecule has 17 heavy (non-hydrogen) atoms. The van der Waals surface area contributed by atoms with E-state index in [2.05, 4.69) is 26.1 Å². The summed E-state index contributed by atoms with van der Waals surface area (Å²) in [6, 6.07) is 0.476. The second-order valence-electron chi connectivity index (χ2n) is 6.30. The van der Waals surface area contributed by atoms with Crippen LogP contribution in [0.3, 0.4) is 0 Å². The highest BCUT2D eigenvalue weighted by atomic mass is 15.0. The smallest absolute Gasteiger partial charge is 0.0173 e. The van der Waals surface area contributed by atoms with E-state index >= 15 is 0 Å². The first-order chi connectivity index (χ1) is 8.15. The Kier molecular flexibility index (Phi) is 4.14. The monoisotopic (exact) mass is 238 g/mol. The van der Waals surface area contributed by atoms with Crippen molar-refractivity contribution in [1.82, 2.24) is 5.32 Å². The molecule has 0 spiro atoms. The van der Waals surface area contributed by atoms with Gasteiger partial charge in [0.05, 0.1) is 0 Å². The third-order valence-electron chi connectivity index (χ3n) is 5.90. The lowest BCUT2D eigenvalue weighted by Gasteiger charge is -2.36. The Morgan fingerprint density at radius 1 is 1.06 bits per heavy atom. The Hall–Kier alpha value is -0.0800. The standard InChI is InChI=1S/C15H30N2/c1-4-15(5-2,6-3)17-10-13-11-7-8-12(9-11)14(13)16/h11-14,17H,4-10,16H2,1-3H3. The van der Waals surface area contributed by atoms with Gasteiger partial charge in [0.1, 0.15) is 0 Å². The first-order valence-electron chi connectivity index (χ1n) is 7.66. The molecule has 0 amide bonds. The normalized spacial score (nSPS) is 36.7. The summed E-state index contributed by atoms with van der Waals surface area (Å²) in [7, 11) is 0. The van der Waals surface area contributed by atoms with Gasteiger partial charge in [-0.05, 0) is 56.3 Å². The fourth-order valence-corrected chi connectivity index (χ4v) is 4.22. The summed E-state index contributed by atoms with van der Waals surface area (Å²) in [6.45, 7) is 8.07. The van der Waals surface area contributed by atoms with Crippen LogP contribution in [0.25, 0.3) is 0 Å². The maximum Gasteiger partial charge on any atom is 0.0173 e. The van der Waals surface area contributed by atoms with Crippen molar-refractivity contribution in [3.63, 3.8) is 0 Å². The van der Waals surface area contributed by atoms with Crippen LogP contribution in [-0.2, 0) is 0 Å². The minimum absolute atomic E-state index is 0.363. The third kappa shape index (κ3) is 2.39. The van der Waals surface area contributed by atoms with Crippen LogP contribution in [0.1, 0.15) is 59.3 Å². The molecular formula is C15H30N2. The highest BCUT2D eigenvalue weighted by molar-refractivity contribution is 5.00. The minimum Gasteiger partial charge on any atom is -0.327 e. The van der Waals surface area contributed by atoms with E-state index in [-0.39, 0.29) is 0 Å². The second kappa shape index (κ2) is 5.27. The van der Waals surface area contributed by atoms with Gasteiger partial charge in [-0.15, -0.1) is 0 Å². The average molecular weight is 238 g/mol. The topological polar surface area (TPSA) is 38.0 Å². The molecule has 0 radical (unpaired) electrons. The zero-order valence-corrected chi connectivity index (χ0v) is 11.8. The lowest BCUT2D eigenvalue weighted by atomic mass is 9.83. The molecule has 3 N–H and O–H groups in total. The summed E-state index contributed by atoms with van der Waals surface area (Å²) < 4.78 is 0. The van der Waals surface area contributed by atoms with Crippen molar-refractivity contribution in [1.29, 1.82) is 0 Å². The molecule has 2 nitrogen and oxygen atoms in total. The first kappa shape index (κ1) is 13.4. The van der Waals surface area contributed by atoms with Crippen LogP contribution >= 0.6 is 0 Å². The van der Waals surface area contributed by atoms with Crippen molar-refractivity contribution in [2.45, 2.75) is 70.9 Å². The molecule has 100 valence electrons. The van der Waals surface area contributed by atoms with Gasteiger partial charge in [0.2, 0.25) is 0 Å². The maximum atomic E-state index is 6.38. The zero-order valence-electron chi connectivity index (χ0n) is 11.8. The number of nitrogens with two attached hydrogens (primary N) is 1. The van der Waals surface area contributed by atoms with Crippen LogP contribution in [0.15, 0.2) is 0 Å². The van der Waals surface area contributed by atoms with Gasteiger partial charge < -0.3 is 11.1 Å². The van der Waals surface area contributed by atoms with Crippen molar-refractivity contribution in [3.8, 4) is 0 Å². The van der Waals surface area contributed by atoms with Crippen molar-refractivity contribution in [3.05, 3.63) is 0 Å². The van der Waals surface area contributed by atoms with Gasteiger partial charge in [-0.3, -0.25) is 0 Å². The van der Waals surface area contributed by atoms with E-state index in [4.69, 9.17) is 5.73 Å².